The summed E-state index contributed by atoms with van der Waals surface area (Å²) in [6, 6.07) is 4.08. The molecule has 5 nitrogen and oxygen atoms in total. The van der Waals surface area contributed by atoms with Crippen LogP contribution in [0.4, 0.5) is 4.39 Å². The zero-order valence-electron chi connectivity index (χ0n) is 15.1. The van der Waals surface area contributed by atoms with E-state index in [4.69, 9.17) is 16.0 Å². The lowest BCUT2D eigenvalue weighted by atomic mass is 9.99. The average Bonchev–Trinajstić information content (AvgIpc) is 3.25. The van der Waals surface area contributed by atoms with Gasteiger partial charge in [0.25, 0.3) is 0 Å². The van der Waals surface area contributed by atoms with E-state index in [0.29, 0.717) is 40.4 Å². The third-order valence-corrected chi connectivity index (χ3v) is 5.01. The normalized spacial score (nSPS) is 13.9. The fourth-order valence-corrected chi connectivity index (χ4v) is 3.42. The SMILES string of the molecule is CC(=O)c1cc(F)ccc1-c1oc(C)nc1Cc1cn(CC2CC2)nc1Cl. The van der Waals surface area contributed by atoms with Crippen LogP contribution < -0.4 is 0 Å². The van der Waals surface area contributed by atoms with Crippen LogP contribution in [0.1, 0.15) is 47.3 Å². The van der Waals surface area contributed by atoms with Gasteiger partial charge in [-0.15, -0.1) is 0 Å². The summed E-state index contributed by atoms with van der Waals surface area (Å²) in [6.07, 6.45) is 4.82. The molecule has 0 saturated heterocycles. The minimum absolute atomic E-state index is 0.236. The molecule has 4 rings (SSSR count). The summed E-state index contributed by atoms with van der Waals surface area (Å²) >= 11 is 6.31. The average molecular weight is 388 g/mol. The van der Waals surface area contributed by atoms with Crippen molar-refractivity contribution in [2.75, 3.05) is 0 Å². The number of aromatic nitrogens is 3. The van der Waals surface area contributed by atoms with Crippen molar-refractivity contribution < 1.29 is 13.6 Å². The molecule has 7 heteroatoms. The van der Waals surface area contributed by atoms with Crippen molar-refractivity contribution >= 4 is 17.4 Å². The molecule has 1 fully saturated rings. The highest BCUT2D eigenvalue weighted by molar-refractivity contribution is 6.30. The molecule has 2 heterocycles. The lowest BCUT2D eigenvalue weighted by molar-refractivity contribution is 0.101. The fourth-order valence-electron chi connectivity index (χ4n) is 3.20. The van der Waals surface area contributed by atoms with Crippen LogP contribution in [0.25, 0.3) is 11.3 Å². The zero-order valence-corrected chi connectivity index (χ0v) is 15.9. The van der Waals surface area contributed by atoms with E-state index in [1.807, 2.05) is 10.9 Å². The molecule has 0 bridgehead atoms. The standard InChI is InChI=1S/C20H19ClFN3O2/c1-11(26)17-8-15(22)5-6-16(17)19-18(23-12(2)27-19)7-14-10-25(24-20(14)21)9-13-3-4-13/h5-6,8,10,13H,3-4,7,9H2,1-2H3. The molecular formula is C20H19ClFN3O2. The first-order valence-corrected chi connectivity index (χ1v) is 9.27. The van der Waals surface area contributed by atoms with Gasteiger partial charge in [0.05, 0.1) is 5.69 Å². The first-order valence-electron chi connectivity index (χ1n) is 8.89. The summed E-state index contributed by atoms with van der Waals surface area (Å²) in [6.45, 7) is 4.01. The first kappa shape index (κ1) is 17.9. The van der Waals surface area contributed by atoms with Gasteiger partial charge in [-0.25, -0.2) is 9.37 Å². The van der Waals surface area contributed by atoms with E-state index in [1.54, 1.807) is 13.0 Å². The van der Waals surface area contributed by atoms with Crippen LogP contribution in [0.15, 0.2) is 28.8 Å². The van der Waals surface area contributed by atoms with E-state index in [9.17, 15) is 9.18 Å². The Kier molecular flexibility index (Phi) is 4.60. The molecule has 2 aromatic heterocycles. The minimum atomic E-state index is -0.467. The topological polar surface area (TPSA) is 60.9 Å². The molecule has 27 heavy (non-hydrogen) atoms. The van der Waals surface area contributed by atoms with Gasteiger partial charge in [-0.05, 0) is 43.9 Å². The van der Waals surface area contributed by atoms with Crippen molar-refractivity contribution in [3.05, 3.63) is 58.1 Å². The van der Waals surface area contributed by atoms with Gasteiger partial charge in [0.1, 0.15) is 5.82 Å². The van der Waals surface area contributed by atoms with Crippen LogP contribution in [0.3, 0.4) is 0 Å². The van der Waals surface area contributed by atoms with Crippen LogP contribution in [0.5, 0.6) is 0 Å². The fraction of sp³-hybridized carbons (Fsp3) is 0.350. The summed E-state index contributed by atoms with van der Waals surface area (Å²) in [5.74, 6) is 0.922. The second kappa shape index (κ2) is 6.93. The Hall–Kier alpha value is -2.47. The van der Waals surface area contributed by atoms with Gasteiger partial charge in [0.15, 0.2) is 22.6 Å². The number of hydrogen-bond donors (Lipinski definition) is 0. The van der Waals surface area contributed by atoms with Crippen molar-refractivity contribution in [1.29, 1.82) is 0 Å². The summed E-state index contributed by atoms with van der Waals surface area (Å²) < 4.78 is 21.3. The van der Waals surface area contributed by atoms with Crippen molar-refractivity contribution in [2.24, 2.45) is 5.92 Å². The largest absolute Gasteiger partial charge is 0.441 e. The number of carbonyl (C=O) groups excluding carboxylic acids is 1. The second-order valence-corrected chi connectivity index (χ2v) is 7.40. The smallest absolute Gasteiger partial charge is 0.192 e. The molecule has 0 aliphatic heterocycles. The van der Waals surface area contributed by atoms with E-state index in [0.717, 1.165) is 12.1 Å². The number of carbonyl (C=O) groups is 1. The van der Waals surface area contributed by atoms with Gasteiger partial charge in [-0.2, -0.15) is 5.10 Å². The number of hydrogen-bond acceptors (Lipinski definition) is 4. The molecule has 1 aliphatic rings. The summed E-state index contributed by atoms with van der Waals surface area (Å²) in [4.78, 5) is 16.4. The predicted octanol–water partition coefficient (Wildman–Crippen LogP) is 4.84. The van der Waals surface area contributed by atoms with Crippen molar-refractivity contribution in [1.82, 2.24) is 14.8 Å². The van der Waals surface area contributed by atoms with E-state index >= 15 is 0 Å². The molecule has 1 aromatic carbocycles. The van der Waals surface area contributed by atoms with Crippen molar-refractivity contribution in [3.8, 4) is 11.3 Å². The first-order chi connectivity index (χ1) is 12.9. The third kappa shape index (κ3) is 3.81. The lowest BCUT2D eigenvalue weighted by Crippen LogP contribution is -2.00. The highest BCUT2D eigenvalue weighted by Crippen LogP contribution is 2.33. The number of halogens is 2. The molecule has 0 atom stereocenters. The quantitative estimate of drug-likeness (QED) is 0.567. The molecule has 0 unspecified atom stereocenters. The van der Waals surface area contributed by atoms with E-state index in [2.05, 4.69) is 10.1 Å². The Morgan fingerprint density at radius 3 is 2.89 bits per heavy atom. The molecule has 0 radical (unpaired) electrons. The van der Waals surface area contributed by atoms with Crippen LogP contribution in [-0.4, -0.2) is 20.5 Å². The highest BCUT2D eigenvalue weighted by atomic mass is 35.5. The Morgan fingerprint density at radius 1 is 1.41 bits per heavy atom. The van der Waals surface area contributed by atoms with Crippen LogP contribution in [-0.2, 0) is 13.0 Å². The number of oxazole rings is 1. The van der Waals surface area contributed by atoms with Gasteiger partial charge in [-0.3, -0.25) is 9.48 Å². The molecule has 140 valence electrons. The molecule has 0 N–H and O–H groups in total. The predicted molar refractivity (Wildman–Crippen MR) is 99.4 cm³/mol. The Balaban J connectivity index is 1.70. The maximum atomic E-state index is 13.6. The van der Waals surface area contributed by atoms with E-state index in [1.165, 1.54) is 31.9 Å². The highest BCUT2D eigenvalue weighted by Gasteiger charge is 2.24. The number of ketones is 1. The minimum Gasteiger partial charge on any atom is -0.441 e. The van der Waals surface area contributed by atoms with Gasteiger partial charge < -0.3 is 4.42 Å². The Labute approximate surface area is 161 Å². The number of benzene rings is 1. The van der Waals surface area contributed by atoms with Gasteiger partial charge in [-0.1, -0.05) is 11.6 Å². The van der Waals surface area contributed by atoms with E-state index in [-0.39, 0.29) is 11.3 Å². The summed E-state index contributed by atoms with van der Waals surface area (Å²) in [5, 5.41) is 4.81. The van der Waals surface area contributed by atoms with Crippen LogP contribution in [0.2, 0.25) is 5.15 Å². The lowest BCUT2D eigenvalue weighted by Gasteiger charge is -2.06. The van der Waals surface area contributed by atoms with Crippen molar-refractivity contribution in [2.45, 2.75) is 39.7 Å². The van der Waals surface area contributed by atoms with Gasteiger partial charge in [0, 0.05) is 42.8 Å². The molecule has 1 saturated carbocycles. The molecule has 1 aliphatic carbocycles. The van der Waals surface area contributed by atoms with Crippen LogP contribution in [0, 0.1) is 18.7 Å². The number of nitrogens with zero attached hydrogens (tertiary/aromatic N) is 3. The molecule has 3 aromatic rings. The summed E-state index contributed by atoms with van der Waals surface area (Å²) in [7, 11) is 0. The van der Waals surface area contributed by atoms with Gasteiger partial charge in [0.2, 0.25) is 0 Å². The second-order valence-electron chi connectivity index (χ2n) is 7.04. The molecular weight excluding hydrogens is 369 g/mol. The van der Waals surface area contributed by atoms with Gasteiger partial charge >= 0.3 is 0 Å². The summed E-state index contributed by atoms with van der Waals surface area (Å²) in [5.41, 5.74) is 2.29. The Bertz CT molecular complexity index is 1020. The molecule has 0 amide bonds. The number of Topliss-reactive ketones (excluding diaryl/α,β-unsaturated/α-hetero) is 1. The maximum absolute atomic E-state index is 13.6. The maximum Gasteiger partial charge on any atom is 0.192 e. The number of aryl methyl sites for hydroxylation is 1. The van der Waals surface area contributed by atoms with E-state index < -0.39 is 5.82 Å². The van der Waals surface area contributed by atoms with Crippen molar-refractivity contribution in [3.63, 3.8) is 0 Å². The number of rotatable bonds is 6. The zero-order chi connectivity index (χ0) is 19.1. The third-order valence-electron chi connectivity index (χ3n) is 4.70. The van der Waals surface area contributed by atoms with Crippen LogP contribution >= 0.6 is 11.6 Å². The Morgan fingerprint density at radius 2 is 2.19 bits per heavy atom. The molecule has 0 spiro atoms. The monoisotopic (exact) mass is 387 g/mol.